The third-order valence-electron chi connectivity index (χ3n) is 3.12. The normalized spacial score (nSPS) is 10.8. The summed E-state index contributed by atoms with van der Waals surface area (Å²) < 4.78 is 0. The van der Waals surface area contributed by atoms with E-state index >= 15 is 0 Å². The molecule has 3 aromatic rings. The van der Waals surface area contributed by atoms with Gasteiger partial charge >= 0.3 is 0 Å². The molecule has 1 aromatic carbocycles. The molecule has 0 fully saturated rings. The average Bonchev–Trinajstić information content (AvgIpc) is 2.39. The highest BCUT2D eigenvalue weighted by atomic mass is 14.7. The molecule has 2 aromatic heterocycles. The van der Waals surface area contributed by atoms with Crippen LogP contribution in [-0.4, -0.2) is 9.97 Å². The lowest BCUT2D eigenvalue weighted by atomic mass is 10.0. The van der Waals surface area contributed by atoms with Gasteiger partial charge in [-0.05, 0) is 49.2 Å². The fourth-order valence-electron chi connectivity index (χ4n) is 2.18. The Balaban J connectivity index is 2.27. The van der Waals surface area contributed by atoms with E-state index in [-0.39, 0.29) is 0 Å². The summed E-state index contributed by atoms with van der Waals surface area (Å²) >= 11 is 0. The molecular weight excluding hydrogens is 220 g/mol. The van der Waals surface area contributed by atoms with E-state index in [0.717, 1.165) is 16.8 Å². The van der Waals surface area contributed by atoms with Crippen LogP contribution in [0.4, 0.5) is 0 Å². The summed E-state index contributed by atoms with van der Waals surface area (Å²) in [4.78, 5) is 8.83. The van der Waals surface area contributed by atoms with Gasteiger partial charge in [0.05, 0.1) is 11.2 Å². The van der Waals surface area contributed by atoms with Gasteiger partial charge in [0.25, 0.3) is 0 Å². The van der Waals surface area contributed by atoms with Crippen molar-refractivity contribution < 1.29 is 0 Å². The Hall–Kier alpha value is -2.22. The summed E-state index contributed by atoms with van der Waals surface area (Å²) in [6.07, 6.45) is 3.60. The first-order valence-corrected chi connectivity index (χ1v) is 6.02. The van der Waals surface area contributed by atoms with Crippen LogP contribution in [0.3, 0.4) is 0 Å². The van der Waals surface area contributed by atoms with E-state index in [1.807, 2.05) is 12.1 Å². The molecule has 0 N–H and O–H groups in total. The van der Waals surface area contributed by atoms with Gasteiger partial charge in [-0.2, -0.15) is 0 Å². The first kappa shape index (κ1) is 10.9. The third-order valence-corrected chi connectivity index (χ3v) is 3.12. The Bertz CT molecular complexity index is 703. The van der Waals surface area contributed by atoms with E-state index in [2.05, 4.69) is 43.1 Å². The highest BCUT2D eigenvalue weighted by molar-refractivity contribution is 5.83. The van der Waals surface area contributed by atoms with Gasteiger partial charge in [0.2, 0.25) is 0 Å². The van der Waals surface area contributed by atoms with Gasteiger partial charge in [0, 0.05) is 23.3 Å². The van der Waals surface area contributed by atoms with Crippen LogP contribution in [0.15, 0.2) is 48.8 Å². The second-order valence-electron chi connectivity index (χ2n) is 4.59. The Kier molecular flexibility index (Phi) is 2.56. The first-order chi connectivity index (χ1) is 8.74. The maximum atomic E-state index is 4.78. The maximum absolute atomic E-state index is 4.78. The highest BCUT2D eigenvalue weighted by Gasteiger charge is 2.05. The minimum Gasteiger partial charge on any atom is -0.265 e. The number of benzene rings is 1. The van der Waals surface area contributed by atoms with Gasteiger partial charge in [-0.3, -0.25) is 4.98 Å². The molecule has 0 bridgehead atoms. The molecule has 0 amide bonds. The van der Waals surface area contributed by atoms with Crippen molar-refractivity contribution in [1.29, 1.82) is 0 Å². The van der Waals surface area contributed by atoms with Crippen LogP contribution in [0.25, 0.3) is 22.2 Å². The molecule has 18 heavy (non-hydrogen) atoms. The first-order valence-electron chi connectivity index (χ1n) is 6.02. The van der Waals surface area contributed by atoms with Crippen LogP contribution in [0.2, 0.25) is 0 Å². The second-order valence-corrected chi connectivity index (χ2v) is 4.59. The number of aryl methyl sites for hydroxylation is 2. The zero-order valence-electron chi connectivity index (χ0n) is 10.5. The molecule has 0 aliphatic rings. The van der Waals surface area contributed by atoms with E-state index in [4.69, 9.17) is 4.98 Å². The Morgan fingerprint density at radius 1 is 0.889 bits per heavy atom. The van der Waals surface area contributed by atoms with Gasteiger partial charge in [-0.25, -0.2) is 4.98 Å². The van der Waals surface area contributed by atoms with Crippen LogP contribution < -0.4 is 0 Å². The van der Waals surface area contributed by atoms with Crippen molar-refractivity contribution in [3.63, 3.8) is 0 Å². The van der Waals surface area contributed by atoms with E-state index in [9.17, 15) is 0 Å². The molecule has 2 heteroatoms. The molecule has 0 aliphatic carbocycles. The lowest BCUT2D eigenvalue weighted by Gasteiger charge is -2.07. The monoisotopic (exact) mass is 234 g/mol. The van der Waals surface area contributed by atoms with E-state index in [0.29, 0.717) is 0 Å². The smallest absolute Gasteiger partial charge is 0.0739 e. The van der Waals surface area contributed by atoms with Crippen LogP contribution in [-0.2, 0) is 0 Å². The summed E-state index contributed by atoms with van der Waals surface area (Å²) in [5, 5.41) is 1.19. The molecule has 0 atom stereocenters. The van der Waals surface area contributed by atoms with E-state index in [1.165, 1.54) is 16.5 Å². The molecule has 0 aliphatic heterocycles. The molecule has 0 spiro atoms. The summed E-state index contributed by atoms with van der Waals surface area (Å²) in [5.41, 5.74) is 5.63. The van der Waals surface area contributed by atoms with Crippen LogP contribution in [0.1, 0.15) is 11.1 Å². The van der Waals surface area contributed by atoms with E-state index in [1.54, 1.807) is 12.4 Å². The van der Waals surface area contributed by atoms with Crippen molar-refractivity contribution in [1.82, 2.24) is 9.97 Å². The lowest BCUT2D eigenvalue weighted by Crippen LogP contribution is -1.90. The highest BCUT2D eigenvalue weighted by Crippen LogP contribution is 2.25. The fraction of sp³-hybridized carbons (Fsp3) is 0.125. The molecular formula is C16H14N2. The van der Waals surface area contributed by atoms with E-state index < -0.39 is 0 Å². The number of fused-ring (bicyclic) bond motifs is 1. The number of aromatic nitrogens is 2. The molecule has 88 valence electrons. The summed E-state index contributed by atoms with van der Waals surface area (Å²) in [6.45, 7) is 4.19. The predicted molar refractivity (Wildman–Crippen MR) is 74.4 cm³/mol. The number of nitrogens with zero attached hydrogens (tertiary/aromatic N) is 2. The standard InChI is InChI=1S/C16H14N2/c1-11-3-4-14-10-12(2)16(18-15(14)9-11)13-5-7-17-8-6-13/h3-10H,1-2H3. The largest absolute Gasteiger partial charge is 0.265 e. The van der Waals surface area contributed by atoms with Gasteiger partial charge in [-0.15, -0.1) is 0 Å². The molecule has 0 saturated carbocycles. The Morgan fingerprint density at radius 2 is 1.67 bits per heavy atom. The minimum absolute atomic E-state index is 1.04. The van der Waals surface area contributed by atoms with Gasteiger partial charge in [0.1, 0.15) is 0 Å². The van der Waals surface area contributed by atoms with Crippen molar-refractivity contribution >= 4 is 10.9 Å². The van der Waals surface area contributed by atoms with Crippen molar-refractivity contribution in [3.8, 4) is 11.3 Å². The molecule has 2 heterocycles. The molecule has 3 rings (SSSR count). The van der Waals surface area contributed by atoms with Gasteiger partial charge in [-0.1, -0.05) is 12.1 Å². The van der Waals surface area contributed by atoms with Crippen LogP contribution in [0.5, 0.6) is 0 Å². The van der Waals surface area contributed by atoms with Crippen LogP contribution >= 0.6 is 0 Å². The zero-order chi connectivity index (χ0) is 12.5. The molecule has 0 unspecified atom stereocenters. The number of pyridine rings is 2. The Morgan fingerprint density at radius 3 is 2.44 bits per heavy atom. The topological polar surface area (TPSA) is 25.8 Å². The molecule has 2 nitrogen and oxygen atoms in total. The Labute approximate surface area is 106 Å². The lowest BCUT2D eigenvalue weighted by molar-refractivity contribution is 1.28. The third kappa shape index (κ3) is 1.86. The maximum Gasteiger partial charge on any atom is 0.0739 e. The van der Waals surface area contributed by atoms with Gasteiger partial charge in [0.15, 0.2) is 0 Å². The molecule has 0 radical (unpaired) electrons. The van der Waals surface area contributed by atoms with Crippen molar-refractivity contribution in [3.05, 3.63) is 59.9 Å². The van der Waals surface area contributed by atoms with Crippen LogP contribution in [0, 0.1) is 13.8 Å². The zero-order valence-corrected chi connectivity index (χ0v) is 10.5. The average molecular weight is 234 g/mol. The van der Waals surface area contributed by atoms with Crippen molar-refractivity contribution in [2.45, 2.75) is 13.8 Å². The number of hydrogen-bond donors (Lipinski definition) is 0. The minimum atomic E-state index is 1.04. The second kappa shape index (κ2) is 4.22. The quantitative estimate of drug-likeness (QED) is 0.638. The summed E-state index contributed by atoms with van der Waals surface area (Å²) in [5.74, 6) is 0. The number of rotatable bonds is 1. The van der Waals surface area contributed by atoms with Crippen molar-refractivity contribution in [2.75, 3.05) is 0 Å². The van der Waals surface area contributed by atoms with Crippen molar-refractivity contribution in [2.24, 2.45) is 0 Å². The molecule has 0 saturated heterocycles. The predicted octanol–water partition coefficient (Wildman–Crippen LogP) is 3.91. The SMILES string of the molecule is Cc1ccc2cc(C)c(-c3ccncc3)nc2c1. The summed E-state index contributed by atoms with van der Waals surface area (Å²) in [6, 6.07) is 12.6. The number of hydrogen-bond acceptors (Lipinski definition) is 2. The fourth-order valence-corrected chi connectivity index (χ4v) is 2.18. The summed E-state index contributed by atoms with van der Waals surface area (Å²) in [7, 11) is 0. The van der Waals surface area contributed by atoms with Gasteiger partial charge < -0.3 is 0 Å².